The number of ether oxygens (including phenoxy) is 2. The molecule has 1 N–H and O–H groups in total. The Hall–Kier alpha value is -0.160. The van der Waals surface area contributed by atoms with Crippen LogP contribution in [0.25, 0.3) is 0 Å². The maximum Gasteiger partial charge on any atom is 0.0593 e. The second kappa shape index (κ2) is 7.43. The summed E-state index contributed by atoms with van der Waals surface area (Å²) < 4.78 is 11.3. The highest BCUT2D eigenvalue weighted by Crippen LogP contribution is 2.28. The monoisotopic (exact) mass is 256 g/mol. The summed E-state index contributed by atoms with van der Waals surface area (Å²) in [6.45, 7) is 5.75. The van der Waals surface area contributed by atoms with Crippen molar-refractivity contribution in [2.45, 2.75) is 25.3 Å². The van der Waals surface area contributed by atoms with Crippen molar-refractivity contribution in [3.8, 4) is 0 Å². The first-order chi connectivity index (χ1) is 8.79. The molecule has 1 aliphatic carbocycles. The van der Waals surface area contributed by atoms with Gasteiger partial charge in [-0.25, -0.2) is 0 Å². The number of nitrogens with zero attached hydrogens (tertiary/aromatic N) is 1. The van der Waals surface area contributed by atoms with Crippen LogP contribution in [0.5, 0.6) is 0 Å². The summed E-state index contributed by atoms with van der Waals surface area (Å²) in [7, 11) is 4.24. The van der Waals surface area contributed by atoms with Gasteiger partial charge in [0.1, 0.15) is 0 Å². The van der Waals surface area contributed by atoms with Crippen LogP contribution in [0.15, 0.2) is 0 Å². The Balaban J connectivity index is 1.57. The van der Waals surface area contributed by atoms with E-state index in [1.54, 1.807) is 0 Å². The molecule has 2 atom stereocenters. The van der Waals surface area contributed by atoms with Gasteiger partial charge in [0.2, 0.25) is 0 Å². The Morgan fingerprint density at radius 1 is 1.33 bits per heavy atom. The third-order valence-electron chi connectivity index (χ3n) is 4.06. The molecular formula is C14H28N2O2. The average Bonchev–Trinajstić information content (AvgIpc) is 3.19. The summed E-state index contributed by atoms with van der Waals surface area (Å²) in [5.41, 5.74) is 0. The predicted molar refractivity (Wildman–Crippen MR) is 72.8 cm³/mol. The van der Waals surface area contributed by atoms with Crippen LogP contribution in [0.1, 0.15) is 19.3 Å². The minimum Gasteiger partial charge on any atom is -0.381 e. The van der Waals surface area contributed by atoms with Gasteiger partial charge in [0, 0.05) is 38.3 Å². The minimum atomic E-state index is 0.605. The zero-order chi connectivity index (χ0) is 12.8. The third kappa shape index (κ3) is 4.84. The molecule has 0 aromatic carbocycles. The molecule has 18 heavy (non-hydrogen) atoms. The quantitative estimate of drug-likeness (QED) is 0.656. The Labute approximate surface area is 111 Å². The predicted octanol–water partition coefficient (Wildman–Crippen LogP) is 0.969. The molecule has 1 saturated heterocycles. The summed E-state index contributed by atoms with van der Waals surface area (Å²) in [5.74, 6) is 1.48. The van der Waals surface area contributed by atoms with Crippen molar-refractivity contribution in [3.05, 3.63) is 0 Å². The summed E-state index contributed by atoms with van der Waals surface area (Å²) in [4.78, 5) is 2.37. The zero-order valence-corrected chi connectivity index (χ0v) is 11.9. The number of likely N-dealkylation sites (N-methyl/N-ethyl adjacent to an activating group) is 1. The van der Waals surface area contributed by atoms with E-state index >= 15 is 0 Å². The van der Waals surface area contributed by atoms with Crippen LogP contribution in [-0.2, 0) is 9.47 Å². The van der Waals surface area contributed by atoms with Crippen LogP contribution in [0, 0.1) is 11.8 Å². The molecule has 0 bridgehead atoms. The van der Waals surface area contributed by atoms with Crippen LogP contribution in [0.3, 0.4) is 0 Å². The second-order valence-electron chi connectivity index (χ2n) is 5.80. The Bertz CT molecular complexity index is 234. The summed E-state index contributed by atoms with van der Waals surface area (Å²) in [6, 6.07) is 0.605. The molecule has 4 nitrogen and oxygen atoms in total. The topological polar surface area (TPSA) is 33.7 Å². The maximum absolute atomic E-state index is 5.68. The lowest BCUT2D eigenvalue weighted by Crippen LogP contribution is -2.46. The van der Waals surface area contributed by atoms with E-state index in [4.69, 9.17) is 9.47 Å². The Kier molecular flexibility index (Phi) is 5.89. The van der Waals surface area contributed by atoms with Crippen molar-refractivity contribution in [2.75, 3.05) is 53.6 Å². The molecule has 0 aromatic rings. The lowest BCUT2D eigenvalue weighted by Gasteiger charge is -2.34. The standard InChI is InChI=1S/C14H28N2O2/c1-15-14-5-7-17-11-13(14)9-16(2)6-8-18-10-12-3-4-12/h12-15H,3-11H2,1-2H3. The molecule has 2 aliphatic rings. The molecule has 1 heterocycles. The van der Waals surface area contributed by atoms with E-state index in [2.05, 4.69) is 24.3 Å². The lowest BCUT2D eigenvalue weighted by molar-refractivity contribution is 0.0171. The lowest BCUT2D eigenvalue weighted by atomic mass is 9.95. The Morgan fingerprint density at radius 3 is 2.89 bits per heavy atom. The van der Waals surface area contributed by atoms with E-state index in [-0.39, 0.29) is 0 Å². The molecule has 4 heteroatoms. The van der Waals surface area contributed by atoms with Gasteiger partial charge in [-0.05, 0) is 39.3 Å². The first-order valence-electron chi connectivity index (χ1n) is 7.31. The largest absolute Gasteiger partial charge is 0.381 e. The SMILES string of the molecule is CNC1CCOCC1CN(C)CCOCC1CC1. The van der Waals surface area contributed by atoms with Gasteiger partial charge in [-0.15, -0.1) is 0 Å². The number of nitrogens with one attached hydrogen (secondary N) is 1. The first kappa shape index (κ1) is 14.3. The molecule has 2 fully saturated rings. The summed E-state index contributed by atoms with van der Waals surface area (Å²) >= 11 is 0. The Morgan fingerprint density at radius 2 is 2.17 bits per heavy atom. The highest BCUT2D eigenvalue weighted by atomic mass is 16.5. The molecular weight excluding hydrogens is 228 g/mol. The number of rotatable bonds is 8. The first-order valence-corrected chi connectivity index (χ1v) is 7.31. The van der Waals surface area contributed by atoms with Crippen molar-refractivity contribution in [1.82, 2.24) is 10.2 Å². The molecule has 2 unspecified atom stereocenters. The van der Waals surface area contributed by atoms with Crippen LogP contribution in [-0.4, -0.2) is 64.6 Å². The molecule has 0 radical (unpaired) electrons. The third-order valence-corrected chi connectivity index (χ3v) is 4.06. The molecule has 0 aromatic heterocycles. The van der Waals surface area contributed by atoms with Gasteiger partial charge in [0.05, 0.1) is 13.2 Å². The number of hydrogen-bond acceptors (Lipinski definition) is 4. The normalized spacial score (nSPS) is 28.8. The zero-order valence-electron chi connectivity index (χ0n) is 11.9. The van der Waals surface area contributed by atoms with E-state index in [0.29, 0.717) is 12.0 Å². The van der Waals surface area contributed by atoms with Gasteiger partial charge in [-0.3, -0.25) is 0 Å². The molecule has 106 valence electrons. The van der Waals surface area contributed by atoms with Crippen molar-refractivity contribution in [3.63, 3.8) is 0 Å². The van der Waals surface area contributed by atoms with E-state index in [1.807, 2.05) is 0 Å². The second-order valence-corrected chi connectivity index (χ2v) is 5.80. The summed E-state index contributed by atoms with van der Waals surface area (Å²) in [6.07, 6.45) is 3.88. The fourth-order valence-electron chi connectivity index (χ4n) is 2.60. The highest BCUT2D eigenvalue weighted by Gasteiger charge is 2.25. The van der Waals surface area contributed by atoms with Crippen LogP contribution >= 0.6 is 0 Å². The molecule has 0 amide bonds. The van der Waals surface area contributed by atoms with Crippen LogP contribution in [0.4, 0.5) is 0 Å². The van der Waals surface area contributed by atoms with Gasteiger partial charge < -0.3 is 19.7 Å². The van der Waals surface area contributed by atoms with Gasteiger partial charge in [0.25, 0.3) is 0 Å². The number of hydrogen-bond donors (Lipinski definition) is 1. The van der Waals surface area contributed by atoms with E-state index in [1.165, 1.54) is 12.8 Å². The van der Waals surface area contributed by atoms with E-state index in [0.717, 1.165) is 51.9 Å². The summed E-state index contributed by atoms with van der Waals surface area (Å²) in [5, 5.41) is 3.41. The fraction of sp³-hybridized carbons (Fsp3) is 1.00. The van der Waals surface area contributed by atoms with Gasteiger partial charge in [0.15, 0.2) is 0 Å². The van der Waals surface area contributed by atoms with E-state index < -0.39 is 0 Å². The van der Waals surface area contributed by atoms with Gasteiger partial charge in [-0.1, -0.05) is 0 Å². The van der Waals surface area contributed by atoms with Crippen molar-refractivity contribution >= 4 is 0 Å². The minimum absolute atomic E-state index is 0.605. The van der Waals surface area contributed by atoms with Crippen LogP contribution < -0.4 is 5.32 Å². The van der Waals surface area contributed by atoms with E-state index in [9.17, 15) is 0 Å². The fourth-order valence-corrected chi connectivity index (χ4v) is 2.60. The molecule has 1 aliphatic heterocycles. The van der Waals surface area contributed by atoms with Crippen molar-refractivity contribution in [2.24, 2.45) is 11.8 Å². The average molecular weight is 256 g/mol. The van der Waals surface area contributed by atoms with Crippen LogP contribution in [0.2, 0.25) is 0 Å². The highest BCUT2D eigenvalue weighted by molar-refractivity contribution is 4.80. The van der Waals surface area contributed by atoms with Gasteiger partial charge >= 0.3 is 0 Å². The maximum atomic E-state index is 5.68. The molecule has 2 rings (SSSR count). The van der Waals surface area contributed by atoms with Crippen molar-refractivity contribution in [1.29, 1.82) is 0 Å². The van der Waals surface area contributed by atoms with Gasteiger partial charge in [-0.2, -0.15) is 0 Å². The smallest absolute Gasteiger partial charge is 0.0593 e. The molecule has 1 saturated carbocycles. The van der Waals surface area contributed by atoms with Crippen molar-refractivity contribution < 1.29 is 9.47 Å². The molecule has 0 spiro atoms.